The lowest BCUT2D eigenvalue weighted by Crippen LogP contribution is -2.39. The van der Waals surface area contributed by atoms with Crippen molar-refractivity contribution >= 4 is 5.91 Å². The number of allylic oxidation sites excluding steroid dienone is 1. The van der Waals surface area contributed by atoms with Crippen molar-refractivity contribution in [2.24, 2.45) is 5.92 Å². The standard InChI is InChI=1S/C11H19NO3/c1-8(2)10(14)7-11(15)12-5-3-9(13)4-6-12/h7-9,13-14H,3-6H2,1-2H3/b10-7-. The van der Waals surface area contributed by atoms with Gasteiger partial charge in [-0.3, -0.25) is 4.79 Å². The molecule has 0 saturated carbocycles. The number of aliphatic hydroxyl groups excluding tert-OH is 2. The largest absolute Gasteiger partial charge is 0.512 e. The van der Waals surface area contributed by atoms with Gasteiger partial charge in [-0.05, 0) is 12.8 Å². The van der Waals surface area contributed by atoms with Crippen LogP contribution in [0.4, 0.5) is 0 Å². The maximum atomic E-state index is 11.6. The molecule has 2 N–H and O–H groups in total. The fourth-order valence-corrected chi connectivity index (χ4v) is 1.47. The van der Waals surface area contributed by atoms with Gasteiger partial charge in [0.05, 0.1) is 6.10 Å². The molecular weight excluding hydrogens is 194 g/mol. The Balaban J connectivity index is 2.51. The molecule has 0 aliphatic carbocycles. The molecule has 1 amide bonds. The van der Waals surface area contributed by atoms with E-state index in [0.29, 0.717) is 25.9 Å². The third-order valence-corrected chi connectivity index (χ3v) is 2.64. The van der Waals surface area contributed by atoms with Crippen LogP contribution in [0.15, 0.2) is 11.8 Å². The predicted octanol–water partition coefficient (Wildman–Crippen LogP) is 1.07. The lowest BCUT2D eigenvalue weighted by molar-refractivity contribution is -0.128. The Labute approximate surface area is 90.2 Å². The van der Waals surface area contributed by atoms with E-state index < -0.39 is 0 Å². The van der Waals surface area contributed by atoms with Crippen LogP contribution in [0, 0.1) is 5.92 Å². The quantitative estimate of drug-likeness (QED) is 0.533. The van der Waals surface area contributed by atoms with Crippen LogP contribution in [0.1, 0.15) is 26.7 Å². The van der Waals surface area contributed by atoms with Crippen molar-refractivity contribution in [3.8, 4) is 0 Å². The van der Waals surface area contributed by atoms with Crippen molar-refractivity contribution < 1.29 is 15.0 Å². The summed E-state index contributed by atoms with van der Waals surface area (Å²) in [4.78, 5) is 13.3. The Kier molecular flexibility index (Phi) is 4.15. The molecule has 1 rings (SSSR count). The summed E-state index contributed by atoms with van der Waals surface area (Å²) in [6.07, 6.45) is 2.25. The van der Waals surface area contributed by atoms with Gasteiger partial charge in [0.25, 0.3) is 0 Å². The molecule has 0 radical (unpaired) electrons. The van der Waals surface area contributed by atoms with Crippen LogP contribution >= 0.6 is 0 Å². The van der Waals surface area contributed by atoms with E-state index in [1.807, 2.05) is 13.8 Å². The van der Waals surface area contributed by atoms with Gasteiger partial charge in [0, 0.05) is 25.1 Å². The smallest absolute Gasteiger partial charge is 0.249 e. The van der Waals surface area contributed by atoms with Crippen molar-refractivity contribution in [1.29, 1.82) is 0 Å². The summed E-state index contributed by atoms with van der Waals surface area (Å²) < 4.78 is 0. The van der Waals surface area contributed by atoms with Crippen LogP contribution < -0.4 is 0 Å². The fraction of sp³-hybridized carbons (Fsp3) is 0.727. The molecule has 15 heavy (non-hydrogen) atoms. The molecule has 4 heteroatoms. The molecule has 1 heterocycles. The van der Waals surface area contributed by atoms with E-state index >= 15 is 0 Å². The number of hydrogen-bond acceptors (Lipinski definition) is 3. The highest BCUT2D eigenvalue weighted by Gasteiger charge is 2.20. The van der Waals surface area contributed by atoms with E-state index in [2.05, 4.69) is 0 Å². The van der Waals surface area contributed by atoms with Gasteiger partial charge in [-0.1, -0.05) is 13.8 Å². The van der Waals surface area contributed by atoms with E-state index in [1.54, 1.807) is 4.90 Å². The number of amides is 1. The van der Waals surface area contributed by atoms with E-state index in [4.69, 9.17) is 0 Å². The lowest BCUT2D eigenvalue weighted by atomic mass is 10.1. The first-order chi connectivity index (χ1) is 7.00. The average molecular weight is 213 g/mol. The molecule has 0 aromatic carbocycles. The zero-order chi connectivity index (χ0) is 11.4. The molecule has 0 atom stereocenters. The summed E-state index contributed by atoms with van der Waals surface area (Å²) in [5.74, 6) is -0.0662. The average Bonchev–Trinajstić information content (AvgIpc) is 2.18. The summed E-state index contributed by atoms with van der Waals surface area (Å²) >= 11 is 0. The first kappa shape index (κ1) is 12.0. The maximum Gasteiger partial charge on any atom is 0.249 e. The van der Waals surface area contributed by atoms with Gasteiger partial charge in [0.1, 0.15) is 5.76 Å². The topological polar surface area (TPSA) is 60.8 Å². The first-order valence-corrected chi connectivity index (χ1v) is 5.38. The number of hydrogen-bond donors (Lipinski definition) is 2. The zero-order valence-electron chi connectivity index (χ0n) is 9.31. The number of carbonyl (C=O) groups is 1. The molecule has 1 fully saturated rings. The molecule has 0 spiro atoms. The predicted molar refractivity (Wildman–Crippen MR) is 57.4 cm³/mol. The van der Waals surface area contributed by atoms with Crippen LogP contribution in [0.25, 0.3) is 0 Å². The monoisotopic (exact) mass is 213 g/mol. The Morgan fingerprint density at radius 2 is 1.93 bits per heavy atom. The Morgan fingerprint density at radius 1 is 1.40 bits per heavy atom. The summed E-state index contributed by atoms with van der Waals surface area (Å²) in [5.41, 5.74) is 0. The molecule has 1 aliphatic heterocycles. The van der Waals surface area contributed by atoms with Crippen molar-refractivity contribution in [2.75, 3.05) is 13.1 Å². The van der Waals surface area contributed by atoms with Crippen LogP contribution in [0.5, 0.6) is 0 Å². The highest BCUT2D eigenvalue weighted by Crippen LogP contribution is 2.12. The van der Waals surface area contributed by atoms with Gasteiger partial charge in [-0.15, -0.1) is 0 Å². The number of aliphatic hydroxyl groups is 2. The van der Waals surface area contributed by atoms with Crippen LogP contribution in [-0.2, 0) is 4.79 Å². The normalized spacial score (nSPS) is 19.7. The van der Waals surface area contributed by atoms with Crippen molar-refractivity contribution in [3.63, 3.8) is 0 Å². The lowest BCUT2D eigenvalue weighted by Gasteiger charge is -2.28. The number of piperidine rings is 1. The third kappa shape index (κ3) is 3.55. The van der Waals surface area contributed by atoms with Crippen LogP contribution in [-0.4, -0.2) is 40.2 Å². The van der Waals surface area contributed by atoms with Crippen LogP contribution in [0.3, 0.4) is 0 Å². The second-order valence-corrected chi connectivity index (χ2v) is 4.28. The number of carbonyl (C=O) groups excluding carboxylic acids is 1. The van der Waals surface area contributed by atoms with Crippen LogP contribution in [0.2, 0.25) is 0 Å². The van der Waals surface area contributed by atoms with Gasteiger partial charge in [-0.25, -0.2) is 0 Å². The summed E-state index contributed by atoms with van der Waals surface area (Å²) in [6.45, 7) is 4.81. The third-order valence-electron chi connectivity index (χ3n) is 2.64. The maximum absolute atomic E-state index is 11.6. The molecule has 86 valence electrons. The molecule has 4 nitrogen and oxygen atoms in total. The van der Waals surface area contributed by atoms with E-state index in [0.717, 1.165) is 0 Å². The van der Waals surface area contributed by atoms with E-state index in [9.17, 15) is 15.0 Å². The summed E-state index contributed by atoms with van der Waals surface area (Å²) in [6, 6.07) is 0. The van der Waals surface area contributed by atoms with Gasteiger partial charge >= 0.3 is 0 Å². The molecule has 1 aliphatic rings. The van der Waals surface area contributed by atoms with Crippen molar-refractivity contribution in [2.45, 2.75) is 32.8 Å². The van der Waals surface area contributed by atoms with E-state index in [1.165, 1.54) is 6.08 Å². The van der Waals surface area contributed by atoms with E-state index in [-0.39, 0.29) is 23.7 Å². The summed E-state index contributed by atoms with van der Waals surface area (Å²) in [5, 5.41) is 18.7. The van der Waals surface area contributed by atoms with Crippen molar-refractivity contribution in [3.05, 3.63) is 11.8 Å². The van der Waals surface area contributed by atoms with Gasteiger partial charge in [0.15, 0.2) is 0 Å². The highest BCUT2D eigenvalue weighted by atomic mass is 16.3. The SMILES string of the molecule is CC(C)/C(O)=C/C(=O)N1CCC(O)CC1. The van der Waals surface area contributed by atoms with Gasteiger partial charge in [0.2, 0.25) is 5.91 Å². The summed E-state index contributed by atoms with van der Waals surface area (Å²) in [7, 11) is 0. The highest BCUT2D eigenvalue weighted by molar-refractivity contribution is 5.88. The second-order valence-electron chi connectivity index (χ2n) is 4.28. The Morgan fingerprint density at radius 3 is 2.40 bits per heavy atom. The second kappa shape index (κ2) is 5.16. The minimum absolute atomic E-state index is 0.0238. The Bertz CT molecular complexity index is 253. The van der Waals surface area contributed by atoms with Gasteiger partial charge < -0.3 is 15.1 Å². The van der Waals surface area contributed by atoms with Gasteiger partial charge in [-0.2, -0.15) is 0 Å². The number of nitrogens with zero attached hydrogens (tertiary/aromatic N) is 1. The minimum atomic E-state index is -0.281. The number of rotatable bonds is 2. The minimum Gasteiger partial charge on any atom is -0.512 e. The van der Waals surface area contributed by atoms with Crippen molar-refractivity contribution in [1.82, 2.24) is 4.90 Å². The number of likely N-dealkylation sites (tertiary alicyclic amines) is 1. The molecule has 0 aromatic heterocycles. The molecular formula is C11H19NO3. The first-order valence-electron chi connectivity index (χ1n) is 5.38. The molecule has 0 bridgehead atoms. The molecule has 0 aromatic rings. The fourth-order valence-electron chi connectivity index (χ4n) is 1.47. The zero-order valence-corrected chi connectivity index (χ0v) is 9.31. The Hall–Kier alpha value is -1.03. The molecule has 0 unspecified atom stereocenters. The molecule has 1 saturated heterocycles.